The number of piperidine rings is 1. The fourth-order valence-electron chi connectivity index (χ4n) is 4.30. The van der Waals surface area contributed by atoms with Crippen molar-refractivity contribution < 1.29 is 9.59 Å². The van der Waals surface area contributed by atoms with Crippen molar-refractivity contribution in [3.8, 4) is 0 Å². The van der Waals surface area contributed by atoms with Gasteiger partial charge in [0.2, 0.25) is 11.8 Å². The second-order valence-electron chi connectivity index (χ2n) is 8.25. The van der Waals surface area contributed by atoms with Crippen molar-refractivity contribution in [2.45, 2.75) is 51.2 Å². The molecule has 2 saturated heterocycles. The predicted molar refractivity (Wildman–Crippen MR) is 111 cm³/mol. The second-order valence-corrected chi connectivity index (χ2v) is 8.25. The first-order chi connectivity index (χ1) is 13.5. The zero-order valence-corrected chi connectivity index (χ0v) is 17.2. The summed E-state index contributed by atoms with van der Waals surface area (Å²) in [7, 11) is 1.88. The summed E-state index contributed by atoms with van der Waals surface area (Å²) in [5.74, 6) is 0.693. The van der Waals surface area contributed by atoms with Crippen molar-refractivity contribution in [1.82, 2.24) is 20.4 Å². The van der Waals surface area contributed by atoms with E-state index in [0.717, 1.165) is 50.9 Å². The SMILES string of the molecule is CC(C(=O)N(C)Cc1ccccc1)N1CCCC(CNC(=O)C2CCCN2)C1. The van der Waals surface area contributed by atoms with Crippen LogP contribution in [0.2, 0.25) is 0 Å². The first-order valence-electron chi connectivity index (χ1n) is 10.6. The van der Waals surface area contributed by atoms with Crippen molar-refractivity contribution in [2.24, 2.45) is 5.92 Å². The molecule has 154 valence electrons. The monoisotopic (exact) mass is 386 g/mol. The van der Waals surface area contributed by atoms with Crippen molar-refractivity contribution >= 4 is 11.8 Å². The standard InChI is InChI=1S/C22H34N4O2/c1-17(22(28)25(2)15-18-8-4-3-5-9-18)26-13-7-10-19(16-26)14-24-21(27)20-11-6-12-23-20/h3-5,8-9,17,19-20,23H,6-7,10-16H2,1-2H3,(H,24,27). The molecule has 6 nitrogen and oxygen atoms in total. The summed E-state index contributed by atoms with van der Waals surface area (Å²) >= 11 is 0. The van der Waals surface area contributed by atoms with Gasteiger partial charge in [0.05, 0.1) is 12.1 Å². The zero-order chi connectivity index (χ0) is 19.9. The third kappa shape index (κ3) is 5.55. The van der Waals surface area contributed by atoms with Gasteiger partial charge < -0.3 is 15.5 Å². The van der Waals surface area contributed by atoms with E-state index in [1.54, 1.807) is 0 Å². The number of carbonyl (C=O) groups excluding carboxylic acids is 2. The average molecular weight is 387 g/mol. The average Bonchev–Trinajstić information content (AvgIpc) is 3.27. The van der Waals surface area contributed by atoms with E-state index >= 15 is 0 Å². The molecule has 2 heterocycles. The highest BCUT2D eigenvalue weighted by Gasteiger charge is 2.30. The number of nitrogens with zero attached hydrogens (tertiary/aromatic N) is 2. The molecule has 1 aromatic rings. The summed E-state index contributed by atoms with van der Waals surface area (Å²) < 4.78 is 0. The van der Waals surface area contributed by atoms with Crippen LogP contribution in [0, 0.1) is 5.92 Å². The molecule has 0 spiro atoms. The van der Waals surface area contributed by atoms with Gasteiger partial charge in [-0.25, -0.2) is 0 Å². The molecule has 6 heteroatoms. The highest BCUT2D eigenvalue weighted by Crippen LogP contribution is 2.19. The molecule has 0 bridgehead atoms. The number of hydrogen-bond donors (Lipinski definition) is 2. The number of likely N-dealkylation sites (N-methyl/N-ethyl adjacent to an activating group) is 1. The quantitative estimate of drug-likeness (QED) is 0.747. The minimum atomic E-state index is -0.135. The minimum Gasteiger partial charge on any atom is -0.354 e. The van der Waals surface area contributed by atoms with E-state index in [4.69, 9.17) is 0 Å². The molecule has 0 radical (unpaired) electrons. The summed E-state index contributed by atoms with van der Waals surface area (Å²) in [6.07, 6.45) is 4.19. The maximum atomic E-state index is 12.9. The Balaban J connectivity index is 1.46. The lowest BCUT2D eigenvalue weighted by Crippen LogP contribution is -2.51. The smallest absolute Gasteiger partial charge is 0.239 e. The van der Waals surface area contributed by atoms with Gasteiger partial charge in [-0.1, -0.05) is 30.3 Å². The van der Waals surface area contributed by atoms with Crippen LogP contribution in [0.4, 0.5) is 0 Å². The first-order valence-corrected chi connectivity index (χ1v) is 10.6. The molecule has 2 fully saturated rings. The lowest BCUT2D eigenvalue weighted by molar-refractivity contribution is -0.136. The molecule has 2 aliphatic heterocycles. The fraction of sp³-hybridized carbons (Fsp3) is 0.636. The molecule has 3 rings (SSSR count). The molecule has 1 aromatic carbocycles. The Morgan fingerprint density at radius 2 is 2.04 bits per heavy atom. The van der Waals surface area contributed by atoms with Gasteiger partial charge in [-0.3, -0.25) is 14.5 Å². The molecule has 0 saturated carbocycles. The number of amides is 2. The van der Waals surface area contributed by atoms with Gasteiger partial charge in [0, 0.05) is 26.7 Å². The summed E-state index contributed by atoms with van der Waals surface area (Å²) in [4.78, 5) is 29.2. The maximum Gasteiger partial charge on any atom is 0.239 e. The topological polar surface area (TPSA) is 64.7 Å². The Morgan fingerprint density at radius 1 is 1.25 bits per heavy atom. The third-order valence-electron chi connectivity index (χ3n) is 6.04. The van der Waals surface area contributed by atoms with Crippen LogP contribution in [0.5, 0.6) is 0 Å². The van der Waals surface area contributed by atoms with Crippen LogP contribution in [-0.2, 0) is 16.1 Å². The molecule has 3 unspecified atom stereocenters. The lowest BCUT2D eigenvalue weighted by atomic mass is 9.96. The van der Waals surface area contributed by atoms with E-state index in [-0.39, 0.29) is 23.9 Å². The van der Waals surface area contributed by atoms with Crippen LogP contribution in [0.15, 0.2) is 30.3 Å². The Morgan fingerprint density at radius 3 is 2.75 bits per heavy atom. The molecule has 0 aromatic heterocycles. The van der Waals surface area contributed by atoms with Gasteiger partial charge in [-0.05, 0) is 57.2 Å². The Kier molecular flexibility index (Phi) is 7.45. The Bertz CT molecular complexity index is 645. The molecular weight excluding hydrogens is 352 g/mol. The van der Waals surface area contributed by atoms with Crippen LogP contribution in [-0.4, -0.2) is 66.9 Å². The van der Waals surface area contributed by atoms with Gasteiger partial charge in [0.25, 0.3) is 0 Å². The molecular formula is C22H34N4O2. The number of rotatable bonds is 7. The van der Waals surface area contributed by atoms with Gasteiger partial charge in [-0.15, -0.1) is 0 Å². The second kappa shape index (κ2) is 10.0. The van der Waals surface area contributed by atoms with E-state index in [1.165, 1.54) is 0 Å². The number of likely N-dealkylation sites (tertiary alicyclic amines) is 1. The van der Waals surface area contributed by atoms with Crippen LogP contribution in [0.3, 0.4) is 0 Å². The highest BCUT2D eigenvalue weighted by atomic mass is 16.2. The van der Waals surface area contributed by atoms with Crippen molar-refractivity contribution in [1.29, 1.82) is 0 Å². The van der Waals surface area contributed by atoms with Crippen LogP contribution >= 0.6 is 0 Å². The Hall–Kier alpha value is -1.92. The van der Waals surface area contributed by atoms with Gasteiger partial charge >= 0.3 is 0 Å². The van der Waals surface area contributed by atoms with Crippen LogP contribution in [0.25, 0.3) is 0 Å². The lowest BCUT2D eigenvalue weighted by Gasteiger charge is -2.37. The van der Waals surface area contributed by atoms with E-state index in [9.17, 15) is 9.59 Å². The van der Waals surface area contributed by atoms with Gasteiger partial charge in [0.1, 0.15) is 0 Å². The highest BCUT2D eigenvalue weighted by molar-refractivity contribution is 5.82. The summed E-state index contributed by atoms with van der Waals surface area (Å²) in [5.41, 5.74) is 1.14. The largest absolute Gasteiger partial charge is 0.354 e. The Labute approximate surface area is 168 Å². The fourth-order valence-corrected chi connectivity index (χ4v) is 4.30. The number of hydrogen-bond acceptors (Lipinski definition) is 4. The molecule has 0 aliphatic carbocycles. The van der Waals surface area contributed by atoms with Crippen molar-refractivity contribution in [3.63, 3.8) is 0 Å². The van der Waals surface area contributed by atoms with Crippen LogP contribution < -0.4 is 10.6 Å². The van der Waals surface area contributed by atoms with E-state index in [2.05, 4.69) is 15.5 Å². The third-order valence-corrected chi connectivity index (χ3v) is 6.04. The van der Waals surface area contributed by atoms with Crippen molar-refractivity contribution in [3.05, 3.63) is 35.9 Å². The first kappa shape index (κ1) is 20.8. The molecule has 2 amide bonds. The van der Waals surface area contributed by atoms with E-state index in [1.807, 2.05) is 49.2 Å². The van der Waals surface area contributed by atoms with E-state index < -0.39 is 0 Å². The number of nitrogens with one attached hydrogen (secondary N) is 2. The number of benzene rings is 1. The normalized spacial score (nSPS) is 23.9. The van der Waals surface area contributed by atoms with E-state index in [0.29, 0.717) is 19.0 Å². The number of carbonyl (C=O) groups is 2. The van der Waals surface area contributed by atoms with Gasteiger partial charge in [-0.2, -0.15) is 0 Å². The summed E-state index contributed by atoms with van der Waals surface area (Å²) in [5, 5.41) is 6.36. The molecule has 3 atom stereocenters. The van der Waals surface area contributed by atoms with Crippen molar-refractivity contribution in [2.75, 3.05) is 33.2 Å². The zero-order valence-electron chi connectivity index (χ0n) is 17.2. The van der Waals surface area contributed by atoms with Crippen LogP contribution in [0.1, 0.15) is 38.2 Å². The minimum absolute atomic E-state index is 0.0215. The summed E-state index contributed by atoms with van der Waals surface area (Å²) in [6, 6.07) is 9.93. The molecule has 2 aliphatic rings. The van der Waals surface area contributed by atoms with Gasteiger partial charge in [0.15, 0.2) is 0 Å². The predicted octanol–water partition coefficient (Wildman–Crippen LogP) is 1.61. The maximum absolute atomic E-state index is 12.9. The summed E-state index contributed by atoms with van der Waals surface area (Å²) in [6.45, 7) is 6.09. The molecule has 2 N–H and O–H groups in total. The molecule has 28 heavy (non-hydrogen) atoms.